The maximum absolute atomic E-state index is 12.5. The Balaban J connectivity index is 1.18. The van der Waals surface area contributed by atoms with Gasteiger partial charge in [0.25, 0.3) is 0 Å². The van der Waals surface area contributed by atoms with Gasteiger partial charge < -0.3 is 44.2 Å². The van der Waals surface area contributed by atoms with Gasteiger partial charge in [-0.1, -0.05) is 12.1 Å². The van der Waals surface area contributed by atoms with Crippen molar-refractivity contribution in [2.24, 2.45) is 5.10 Å². The predicted octanol–water partition coefficient (Wildman–Crippen LogP) is 4.88. The number of fused-ring (bicyclic) bond motifs is 1. The summed E-state index contributed by atoms with van der Waals surface area (Å²) < 4.78 is 35.0. The molecule has 4 N–H and O–H groups in total. The zero-order chi connectivity index (χ0) is 33.5. The molecule has 15 heteroatoms. The second-order valence-corrected chi connectivity index (χ2v) is 12.2. The molecule has 0 bridgehead atoms. The number of hydrogen-bond acceptors (Lipinski definition) is 11. The van der Waals surface area contributed by atoms with Crippen LogP contribution in [-0.2, 0) is 16.1 Å². The van der Waals surface area contributed by atoms with Crippen molar-refractivity contribution in [2.75, 3.05) is 27.1 Å². The second-order valence-electron chi connectivity index (χ2n) is 10.2. The number of hydrogen-bond donors (Lipinski definition) is 4. The van der Waals surface area contributed by atoms with Crippen LogP contribution in [0.3, 0.4) is 0 Å². The van der Waals surface area contributed by atoms with Crippen molar-refractivity contribution < 1.29 is 43.1 Å². The summed E-state index contributed by atoms with van der Waals surface area (Å²) in [6.45, 7) is 4.19. The highest BCUT2D eigenvalue weighted by atomic mass is 127. The molecular weight excluding hydrogens is 791 g/mol. The highest BCUT2D eigenvalue weighted by molar-refractivity contribution is 14.1. The average molecular weight is 823 g/mol. The van der Waals surface area contributed by atoms with E-state index in [2.05, 4.69) is 59.7 Å². The minimum Gasteiger partial charge on any atom is -0.490 e. The standard InChI is InChI=1S/C32H32BrIN4O9/c1-4-43-26-12-20(29-28(31(40)42-3)17(2)36-32(41)37-29)6-8-23(26)44-15-27(39)38-35-13-19-9-21(33)30(22(34)10-19)45-14-18-5-7-24-25(11-18)47-16-46-24/h5-13,27,29,38-39H,4,14-16H2,1-3H3,(H2,36,37,41)/b35-13-/t27-,29-/m1/s1. The Kier molecular flexibility index (Phi) is 11.3. The molecule has 0 aromatic heterocycles. The molecule has 0 spiro atoms. The van der Waals surface area contributed by atoms with Crippen LogP contribution in [-0.4, -0.2) is 56.7 Å². The lowest BCUT2D eigenvalue weighted by Crippen LogP contribution is -2.45. The molecule has 13 nitrogen and oxygen atoms in total. The van der Waals surface area contributed by atoms with Gasteiger partial charge in [0.05, 0.1) is 39.6 Å². The maximum Gasteiger partial charge on any atom is 0.337 e. The van der Waals surface area contributed by atoms with E-state index in [1.807, 2.05) is 37.3 Å². The molecule has 3 aromatic rings. The number of carbonyl (C=O) groups excluding carboxylic acids is 2. The van der Waals surface area contributed by atoms with Gasteiger partial charge in [0.1, 0.15) is 19.0 Å². The summed E-state index contributed by atoms with van der Waals surface area (Å²) in [6, 6.07) is 13.3. The van der Waals surface area contributed by atoms with Crippen LogP contribution in [0.5, 0.6) is 28.7 Å². The van der Waals surface area contributed by atoms with Crippen LogP contribution in [0.25, 0.3) is 0 Å². The van der Waals surface area contributed by atoms with Gasteiger partial charge in [-0.05, 0) is 105 Å². The number of methoxy groups -OCH3 is 1. The maximum atomic E-state index is 12.5. The summed E-state index contributed by atoms with van der Waals surface area (Å²) >= 11 is 5.77. The van der Waals surface area contributed by atoms with Crippen LogP contribution in [0.2, 0.25) is 0 Å². The fourth-order valence-corrected chi connectivity index (χ4v) is 6.57. The summed E-state index contributed by atoms with van der Waals surface area (Å²) in [5.41, 5.74) is 5.61. The number of carbonyl (C=O) groups is 2. The molecule has 2 amide bonds. The second kappa shape index (κ2) is 15.6. The summed E-state index contributed by atoms with van der Waals surface area (Å²) in [5.74, 6) is 2.26. The number of esters is 1. The minimum atomic E-state index is -1.15. The molecule has 2 atom stereocenters. The summed E-state index contributed by atoms with van der Waals surface area (Å²) in [7, 11) is 1.28. The summed E-state index contributed by atoms with van der Waals surface area (Å²) in [5, 5.41) is 20.0. The van der Waals surface area contributed by atoms with Crippen LogP contribution in [0, 0.1) is 3.57 Å². The molecule has 2 aliphatic rings. The molecule has 0 saturated heterocycles. The molecule has 0 unspecified atom stereocenters. The number of halogens is 2. The zero-order valence-electron chi connectivity index (χ0n) is 25.6. The van der Waals surface area contributed by atoms with Gasteiger partial charge in [-0.25, -0.2) is 9.59 Å². The van der Waals surface area contributed by atoms with Crippen molar-refractivity contribution in [3.63, 3.8) is 0 Å². The van der Waals surface area contributed by atoms with Gasteiger partial charge in [0.15, 0.2) is 29.2 Å². The first kappa shape index (κ1) is 34.1. The molecule has 3 aromatic carbocycles. The SMILES string of the molecule is CCOc1cc([C@H]2NC(=O)NC(C)=C2C(=O)OC)ccc1OC[C@@H](O)N/N=C\c1cc(Br)c(OCc2ccc3c(c2)OCO3)c(I)c1. The van der Waals surface area contributed by atoms with Crippen molar-refractivity contribution in [1.82, 2.24) is 16.1 Å². The van der Waals surface area contributed by atoms with E-state index in [0.717, 1.165) is 24.9 Å². The number of rotatable bonds is 13. The van der Waals surface area contributed by atoms with Crippen LogP contribution >= 0.6 is 38.5 Å². The lowest BCUT2D eigenvalue weighted by atomic mass is 9.95. The molecule has 47 heavy (non-hydrogen) atoms. The number of nitrogens with one attached hydrogen (secondary N) is 3. The predicted molar refractivity (Wildman–Crippen MR) is 183 cm³/mol. The third-order valence-corrected chi connectivity index (χ3v) is 8.34. The molecular formula is C32H32BrIN4O9. The number of amides is 2. The third kappa shape index (κ3) is 8.39. The Morgan fingerprint density at radius 3 is 2.72 bits per heavy atom. The van der Waals surface area contributed by atoms with Crippen molar-refractivity contribution in [1.29, 1.82) is 0 Å². The van der Waals surface area contributed by atoms with E-state index in [1.165, 1.54) is 7.11 Å². The Morgan fingerprint density at radius 2 is 1.96 bits per heavy atom. The fourth-order valence-electron chi connectivity index (χ4n) is 4.80. The van der Waals surface area contributed by atoms with Crippen LogP contribution in [0.4, 0.5) is 4.79 Å². The summed E-state index contributed by atoms with van der Waals surface area (Å²) in [4.78, 5) is 24.6. The van der Waals surface area contributed by atoms with E-state index >= 15 is 0 Å². The lowest BCUT2D eigenvalue weighted by Gasteiger charge is -2.28. The summed E-state index contributed by atoms with van der Waals surface area (Å²) in [6.07, 6.45) is 0.423. The quantitative estimate of drug-likeness (QED) is 0.0616. The number of nitrogens with zero attached hydrogens (tertiary/aromatic N) is 1. The number of benzene rings is 3. The van der Waals surface area contributed by atoms with E-state index in [-0.39, 0.29) is 19.0 Å². The van der Waals surface area contributed by atoms with Gasteiger partial charge in [0.2, 0.25) is 6.79 Å². The minimum absolute atomic E-state index is 0.152. The van der Waals surface area contributed by atoms with E-state index in [4.69, 9.17) is 28.4 Å². The Morgan fingerprint density at radius 1 is 1.15 bits per heavy atom. The zero-order valence-corrected chi connectivity index (χ0v) is 29.3. The molecule has 0 aliphatic carbocycles. The number of ether oxygens (including phenoxy) is 6. The number of aliphatic hydroxyl groups excluding tert-OH is 1. The smallest absolute Gasteiger partial charge is 0.337 e. The Bertz CT molecular complexity index is 1690. The molecule has 0 saturated carbocycles. The average Bonchev–Trinajstić information content (AvgIpc) is 3.51. The number of hydrazone groups is 1. The van der Waals surface area contributed by atoms with Gasteiger partial charge in [-0.15, -0.1) is 0 Å². The lowest BCUT2D eigenvalue weighted by molar-refractivity contribution is -0.136. The first-order valence-electron chi connectivity index (χ1n) is 14.4. The van der Waals surface area contributed by atoms with Crippen LogP contribution < -0.4 is 39.7 Å². The number of aliphatic hydroxyl groups is 1. The molecule has 0 radical (unpaired) electrons. The number of urea groups is 1. The van der Waals surface area contributed by atoms with E-state index in [0.29, 0.717) is 47.5 Å². The highest BCUT2D eigenvalue weighted by Gasteiger charge is 2.32. The van der Waals surface area contributed by atoms with Gasteiger partial charge >= 0.3 is 12.0 Å². The van der Waals surface area contributed by atoms with E-state index in [1.54, 1.807) is 31.3 Å². The Labute approximate surface area is 292 Å². The molecule has 2 aliphatic heterocycles. The van der Waals surface area contributed by atoms with E-state index in [9.17, 15) is 14.7 Å². The van der Waals surface area contributed by atoms with Gasteiger partial charge in [0, 0.05) is 5.70 Å². The van der Waals surface area contributed by atoms with Crippen molar-refractivity contribution in [3.05, 3.63) is 84.5 Å². The van der Waals surface area contributed by atoms with Crippen molar-refractivity contribution in [2.45, 2.75) is 32.7 Å². The topological polar surface area (TPSA) is 158 Å². The van der Waals surface area contributed by atoms with Crippen LogP contribution in [0.1, 0.15) is 36.6 Å². The Hall–Kier alpha value is -4.22. The first-order chi connectivity index (χ1) is 22.7. The largest absolute Gasteiger partial charge is 0.490 e. The highest BCUT2D eigenvalue weighted by Crippen LogP contribution is 2.36. The normalized spacial score (nSPS) is 16.0. The monoisotopic (exact) mass is 822 g/mol. The van der Waals surface area contributed by atoms with Gasteiger partial charge in [-0.3, -0.25) is 5.43 Å². The molecule has 248 valence electrons. The fraction of sp³-hybridized carbons (Fsp3) is 0.281. The molecule has 5 rings (SSSR count). The van der Waals surface area contributed by atoms with Crippen LogP contribution in [0.15, 0.2) is 69.4 Å². The van der Waals surface area contributed by atoms with Crippen molar-refractivity contribution in [3.8, 4) is 28.7 Å². The van der Waals surface area contributed by atoms with Crippen molar-refractivity contribution >= 4 is 56.7 Å². The first-order valence-corrected chi connectivity index (χ1v) is 16.3. The van der Waals surface area contributed by atoms with Gasteiger partial charge in [-0.2, -0.15) is 5.10 Å². The number of allylic oxidation sites excluding steroid dienone is 1. The van der Waals surface area contributed by atoms with E-state index < -0.39 is 24.3 Å². The molecule has 0 fully saturated rings. The third-order valence-electron chi connectivity index (χ3n) is 6.95. The molecule has 2 heterocycles.